The highest BCUT2D eigenvalue weighted by Gasteiger charge is 2.15. The average Bonchev–Trinajstić information content (AvgIpc) is 2.42. The molecule has 0 fully saturated rings. The first-order valence-electron chi connectivity index (χ1n) is 6.30. The molecular formula is C15H15ClN2O2. The summed E-state index contributed by atoms with van der Waals surface area (Å²) in [6, 6.07) is 5.92. The van der Waals surface area contributed by atoms with Crippen molar-refractivity contribution < 1.29 is 9.53 Å². The summed E-state index contributed by atoms with van der Waals surface area (Å²) in [5.74, 6) is -0.0183. The topological polar surface area (TPSA) is 52.1 Å². The minimum Gasteiger partial charge on any atom is -0.462 e. The molecule has 1 aromatic carbocycles. The van der Waals surface area contributed by atoms with Gasteiger partial charge >= 0.3 is 5.97 Å². The molecular weight excluding hydrogens is 276 g/mol. The van der Waals surface area contributed by atoms with Gasteiger partial charge < -0.3 is 4.74 Å². The van der Waals surface area contributed by atoms with E-state index in [2.05, 4.69) is 9.97 Å². The molecule has 20 heavy (non-hydrogen) atoms. The van der Waals surface area contributed by atoms with E-state index >= 15 is 0 Å². The molecule has 2 aromatic rings. The van der Waals surface area contributed by atoms with Crippen LogP contribution in [-0.4, -0.2) is 22.5 Å². The van der Waals surface area contributed by atoms with Crippen LogP contribution in [0.25, 0.3) is 11.4 Å². The summed E-state index contributed by atoms with van der Waals surface area (Å²) in [6.45, 7) is 6.08. The quantitative estimate of drug-likeness (QED) is 0.640. The summed E-state index contributed by atoms with van der Waals surface area (Å²) in [7, 11) is 0. The van der Waals surface area contributed by atoms with E-state index in [0.29, 0.717) is 5.82 Å². The van der Waals surface area contributed by atoms with Gasteiger partial charge in [-0.05, 0) is 38.0 Å². The molecule has 0 amide bonds. The molecule has 0 spiro atoms. The number of carbonyl (C=O) groups is 1. The number of nitrogens with zero attached hydrogens (tertiary/aromatic N) is 2. The van der Waals surface area contributed by atoms with Crippen LogP contribution in [0.15, 0.2) is 24.4 Å². The molecule has 5 heteroatoms. The summed E-state index contributed by atoms with van der Waals surface area (Å²) < 4.78 is 4.89. The number of ether oxygens (including phenoxy) is 1. The van der Waals surface area contributed by atoms with Gasteiger partial charge in [0.1, 0.15) is 10.7 Å². The van der Waals surface area contributed by atoms with Crippen molar-refractivity contribution in [1.29, 1.82) is 0 Å². The van der Waals surface area contributed by atoms with E-state index in [1.165, 1.54) is 11.8 Å². The van der Waals surface area contributed by atoms with Crippen LogP contribution in [0.3, 0.4) is 0 Å². The predicted octanol–water partition coefficient (Wildman–Crippen LogP) is 3.59. The Morgan fingerprint density at radius 3 is 2.65 bits per heavy atom. The Balaban J connectivity index is 2.37. The van der Waals surface area contributed by atoms with Crippen LogP contribution in [0.1, 0.15) is 28.4 Å². The lowest BCUT2D eigenvalue weighted by molar-refractivity contribution is 0.0525. The Morgan fingerprint density at radius 1 is 1.30 bits per heavy atom. The van der Waals surface area contributed by atoms with Gasteiger partial charge in [-0.2, -0.15) is 0 Å². The molecule has 0 aliphatic rings. The maximum atomic E-state index is 11.6. The zero-order valence-electron chi connectivity index (χ0n) is 11.6. The molecule has 0 aliphatic heterocycles. The van der Waals surface area contributed by atoms with Crippen molar-refractivity contribution in [2.24, 2.45) is 0 Å². The van der Waals surface area contributed by atoms with Crippen LogP contribution >= 0.6 is 11.6 Å². The molecule has 0 saturated heterocycles. The third-order valence-corrected chi connectivity index (χ3v) is 3.29. The third kappa shape index (κ3) is 2.96. The van der Waals surface area contributed by atoms with Crippen molar-refractivity contribution >= 4 is 17.6 Å². The molecule has 4 nitrogen and oxygen atoms in total. The van der Waals surface area contributed by atoms with E-state index in [1.54, 1.807) is 6.92 Å². The van der Waals surface area contributed by atoms with E-state index in [9.17, 15) is 4.79 Å². The lowest BCUT2D eigenvalue weighted by Gasteiger charge is -2.07. The van der Waals surface area contributed by atoms with Gasteiger partial charge in [0.15, 0.2) is 5.82 Å². The number of esters is 1. The van der Waals surface area contributed by atoms with E-state index in [4.69, 9.17) is 16.3 Å². The highest BCUT2D eigenvalue weighted by atomic mass is 35.5. The number of aromatic nitrogens is 2. The van der Waals surface area contributed by atoms with Crippen LogP contribution in [0.2, 0.25) is 5.15 Å². The molecule has 0 unspecified atom stereocenters. The maximum absolute atomic E-state index is 11.6. The Bertz CT molecular complexity index is 656. The van der Waals surface area contributed by atoms with Gasteiger partial charge in [0.25, 0.3) is 0 Å². The van der Waals surface area contributed by atoms with Gasteiger partial charge in [0.2, 0.25) is 0 Å². The minimum absolute atomic E-state index is 0.103. The number of carbonyl (C=O) groups excluding carboxylic acids is 1. The summed E-state index contributed by atoms with van der Waals surface area (Å²) >= 11 is 6.03. The number of hydrogen-bond acceptors (Lipinski definition) is 4. The molecule has 0 atom stereocenters. The predicted molar refractivity (Wildman–Crippen MR) is 77.9 cm³/mol. The number of rotatable bonds is 3. The van der Waals surface area contributed by atoms with Gasteiger partial charge in [0, 0.05) is 11.8 Å². The fourth-order valence-electron chi connectivity index (χ4n) is 1.73. The first kappa shape index (κ1) is 14.5. The Morgan fingerprint density at radius 2 is 2.05 bits per heavy atom. The third-order valence-electron chi connectivity index (χ3n) is 3.00. The lowest BCUT2D eigenvalue weighted by atomic mass is 10.1. The molecule has 0 saturated carbocycles. The smallest absolute Gasteiger partial charge is 0.342 e. The molecule has 104 valence electrons. The SMILES string of the molecule is CCOC(=O)c1cnc(-c2ccc(C)c(C)c2)nc1Cl. The molecule has 1 aromatic heterocycles. The van der Waals surface area contributed by atoms with E-state index in [0.717, 1.165) is 11.1 Å². The highest BCUT2D eigenvalue weighted by molar-refractivity contribution is 6.32. The van der Waals surface area contributed by atoms with Crippen LogP contribution in [0.4, 0.5) is 0 Å². The molecule has 0 aliphatic carbocycles. The fourth-order valence-corrected chi connectivity index (χ4v) is 1.93. The average molecular weight is 291 g/mol. The Hall–Kier alpha value is -1.94. The molecule has 2 rings (SSSR count). The largest absolute Gasteiger partial charge is 0.462 e. The van der Waals surface area contributed by atoms with Crippen molar-refractivity contribution in [3.63, 3.8) is 0 Å². The van der Waals surface area contributed by atoms with Gasteiger partial charge in [-0.15, -0.1) is 0 Å². The summed E-state index contributed by atoms with van der Waals surface area (Å²) in [4.78, 5) is 20.0. The zero-order chi connectivity index (χ0) is 14.7. The molecule has 0 radical (unpaired) electrons. The number of benzene rings is 1. The number of halogens is 1. The fraction of sp³-hybridized carbons (Fsp3) is 0.267. The second-order valence-corrected chi connectivity index (χ2v) is 4.78. The van der Waals surface area contributed by atoms with Crippen molar-refractivity contribution in [3.05, 3.63) is 46.2 Å². The molecule has 0 N–H and O–H groups in total. The van der Waals surface area contributed by atoms with Gasteiger partial charge in [0.05, 0.1) is 6.61 Å². The van der Waals surface area contributed by atoms with Crippen LogP contribution in [-0.2, 0) is 4.74 Å². The van der Waals surface area contributed by atoms with Crippen molar-refractivity contribution in [3.8, 4) is 11.4 Å². The highest BCUT2D eigenvalue weighted by Crippen LogP contribution is 2.22. The molecule has 1 heterocycles. The van der Waals surface area contributed by atoms with Gasteiger partial charge in [-0.3, -0.25) is 0 Å². The van der Waals surface area contributed by atoms with Crippen molar-refractivity contribution in [2.75, 3.05) is 6.61 Å². The van der Waals surface area contributed by atoms with E-state index in [-0.39, 0.29) is 17.3 Å². The van der Waals surface area contributed by atoms with Crippen molar-refractivity contribution in [1.82, 2.24) is 9.97 Å². The standard InChI is InChI=1S/C15H15ClN2O2/c1-4-20-15(19)12-8-17-14(18-13(12)16)11-6-5-9(2)10(3)7-11/h5-8H,4H2,1-3H3. The zero-order valence-corrected chi connectivity index (χ0v) is 12.4. The minimum atomic E-state index is -0.510. The Kier molecular flexibility index (Phi) is 4.35. The number of aryl methyl sites for hydroxylation is 2. The normalized spacial score (nSPS) is 10.4. The first-order valence-corrected chi connectivity index (χ1v) is 6.68. The van der Waals surface area contributed by atoms with Crippen LogP contribution in [0.5, 0.6) is 0 Å². The first-order chi connectivity index (χ1) is 9.52. The van der Waals surface area contributed by atoms with Gasteiger partial charge in [-0.1, -0.05) is 23.7 Å². The monoisotopic (exact) mass is 290 g/mol. The van der Waals surface area contributed by atoms with Crippen molar-refractivity contribution in [2.45, 2.75) is 20.8 Å². The van der Waals surface area contributed by atoms with Crippen LogP contribution in [0, 0.1) is 13.8 Å². The lowest BCUT2D eigenvalue weighted by Crippen LogP contribution is -2.07. The van der Waals surface area contributed by atoms with E-state index in [1.807, 2.05) is 32.0 Å². The second-order valence-electron chi connectivity index (χ2n) is 4.42. The Labute approximate surface area is 122 Å². The second kappa shape index (κ2) is 6.01. The van der Waals surface area contributed by atoms with Gasteiger partial charge in [-0.25, -0.2) is 14.8 Å². The molecule has 0 bridgehead atoms. The maximum Gasteiger partial charge on any atom is 0.342 e. The summed E-state index contributed by atoms with van der Waals surface area (Å²) in [6.07, 6.45) is 1.40. The number of hydrogen-bond donors (Lipinski definition) is 0. The summed E-state index contributed by atoms with van der Waals surface area (Å²) in [5.41, 5.74) is 3.39. The van der Waals surface area contributed by atoms with Crippen LogP contribution < -0.4 is 0 Å². The summed E-state index contributed by atoms with van der Waals surface area (Å²) in [5, 5.41) is 0.103. The van der Waals surface area contributed by atoms with E-state index < -0.39 is 5.97 Å².